The van der Waals surface area contributed by atoms with Crippen molar-refractivity contribution in [2.45, 2.75) is 12.8 Å². The SMILES string of the molecule is O=C(CCCO)c1cc(-c2ccncc2)c(-c2ccc(F)cc2)s1. The van der Waals surface area contributed by atoms with Gasteiger partial charge in [0.2, 0.25) is 0 Å². The van der Waals surface area contributed by atoms with Gasteiger partial charge in [-0.05, 0) is 47.9 Å². The molecule has 0 saturated carbocycles. The zero-order valence-corrected chi connectivity index (χ0v) is 13.7. The van der Waals surface area contributed by atoms with E-state index in [4.69, 9.17) is 5.11 Å². The van der Waals surface area contributed by atoms with Crippen molar-refractivity contribution in [2.24, 2.45) is 0 Å². The molecule has 3 nitrogen and oxygen atoms in total. The lowest BCUT2D eigenvalue weighted by molar-refractivity contribution is 0.0975. The fourth-order valence-electron chi connectivity index (χ4n) is 2.45. The van der Waals surface area contributed by atoms with E-state index >= 15 is 0 Å². The number of aromatic nitrogens is 1. The minimum Gasteiger partial charge on any atom is -0.396 e. The molecule has 122 valence electrons. The van der Waals surface area contributed by atoms with E-state index in [1.807, 2.05) is 18.2 Å². The second kappa shape index (κ2) is 7.47. The average Bonchev–Trinajstić information content (AvgIpc) is 3.06. The number of carbonyl (C=O) groups is 1. The molecule has 0 bridgehead atoms. The van der Waals surface area contributed by atoms with Crippen molar-refractivity contribution in [3.63, 3.8) is 0 Å². The molecule has 0 aliphatic rings. The number of aliphatic hydroxyl groups excluding tert-OH is 1. The van der Waals surface area contributed by atoms with Crippen molar-refractivity contribution in [1.82, 2.24) is 4.98 Å². The van der Waals surface area contributed by atoms with Crippen molar-refractivity contribution < 1.29 is 14.3 Å². The maximum Gasteiger partial charge on any atom is 0.172 e. The van der Waals surface area contributed by atoms with E-state index in [1.165, 1.54) is 23.5 Å². The van der Waals surface area contributed by atoms with E-state index < -0.39 is 0 Å². The summed E-state index contributed by atoms with van der Waals surface area (Å²) < 4.78 is 13.2. The Labute approximate surface area is 143 Å². The quantitative estimate of drug-likeness (QED) is 0.668. The van der Waals surface area contributed by atoms with Gasteiger partial charge in [-0.1, -0.05) is 12.1 Å². The van der Waals surface area contributed by atoms with Crippen molar-refractivity contribution >= 4 is 17.1 Å². The van der Waals surface area contributed by atoms with Crippen molar-refractivity contribution in [3.05, 3.63) is 65.6 Å². The number of halogens is 1. The minimum absolute atomic E-state index is 0.000847. The lowest BCUT2D eigenvalue weighted by atomic mass is 10.0. The molecule has 0 unspecified atom stereocenters. The fourth-order valence-corrected chi connectivity index (χ4v) is 3.61. The molecule has 0 spiro atoms. The number of aliphatic hydroxyl groups is 1. The molecule has 0 saturated heterocycles. The summed E-state index contributed by atoms with van der Waals surface area (Å²) in [4.78, 5) is 17.9. The number of Topliss-reactive ketones (excluding diaryl/α,β-unsaturated/α-hetero) is 1. The molecule has 0 fully saturated rings. The van der Waals surface area contributed by atoms with E-state index in [2.05, 4.69) is 4.98 Å². The number of thiophene rings is 1. The van der Waals surface area contributed by atoms with Gasteiger partial charge in [-0.25, -0.2) is 4.39 Å². The van der Waals surface area contributed by atoms with E-state index in [0.717, 1.165) is 21.6 Å². The highest BCUT2D eigenvalue weighted by molar-refractivity contribution is 7.18. The monoisotopic (exact) mass is 341 g/mol. The van der Waals surface area contributed by atoms with Crippen LogP contribution in [0.5, 0.6) is 0 Å². The van der Waals surface area contributed by atoms with Crippen molar-refractivity contribution in [2.75, 3.05) is 6.61 Å². The van der Waals surface area contributed by atoms with Gasteiger partial charge < -0.3 is 5.11 Å². The largest absolute Gasteiger partial charge is 0.396 e. The molecular weight excluding hydrogens is 325 g/mol. The first-order valence-electron chi connectivity index (χ1n) is 7.63. The Morgan fingerprint density at radius 3 is 2.46 bits per heavy atom. The summed E-state index contributed by atoms with van der Waals surface area (Å²) in [5.74, 6) is -0.280. The van der Waals surface area contributed by atoms with Crippen LogP contribution in [0.15, 0.2) is 54.9 Å². The molecule has 2 heterocycles. The molecule has 5 heteroatoms. The Morgan fingerprint density at radius 2 is 1.79 bits per heavy atom. The second-order valence-electron chi connectivity index (χ2n) is 5.35. The van der Waals surface area contributed by atoms with Crippen molar-refractivity contribution in [3.8, 4) is 21.6 Å². The molecule has 0 radical (unpaired) electrons. The minimum atomic E-state index is -0.292. The highest BCUT2D eigenvalue weighted by Crippen LogP contribution is 2.39. The fraction of sp³-hybridized carbons (Fsp3) is 0.158. The van der Waals surface area contributed by atoms with Gasteiger partial charge in [-0.15, -0.1) is 11.3 Å². The van der Waals surface area contributed by atoms with Gasteiger partial charge in [-0.3, -0.25) is 9.78 Å². The first-order chi connectivity index (χ1) is 11.7. The maximum absolute atomic E-state index is 13.2. The zero-order valence-electron chi connectivity index (χ0n) is 12.9. The van der Waals surface area contributed by atoms with Gasteiger partial charge in [0, 0.05) is 35.9 Å². The summed E-state index contributed by atoms with van der Waals surface area (Å²) >= 11 is 1.40. The summed E-state index contributed by atoms with van der Waals surface area (Å²) in [6, 6.07) is 11.9. The van der Waals surface area contributed by atoms with Gasteiger partial charge in [0.1, 0.15) is 5.82 Å². The van der Waals surface area contributed by atoms with Crippen LogP contribution < -0.4 is 0 Å². The summed E-state index contributed by atoms with van der Waals surface area (Å²) in [5, 5.41) is 8.91. The molecule has 3 rings (SSSR count). The number of pyridine rings is 1. The predicted octanol–water partition coefficient (Wildman–Crippen LogP) is 4.57. The molecule has 0 atom stereocenters. The van der Waals surface area contributed by atoms with Gasteiger partial charge in [-0.2, -0.15) is 0 Å². The smallest absolute Gasteiger partial charge is 0.172 e. The Kier molecular flexibility index (Phi) is 5.13. The molecular formula is C19H16FNO2S. The summed E-state index contributed by atoms with van der Waals surface area (Å²) in [6.07, 6.45) is 4.17. The van der Waals surface area contributed by atoms with Crippen LogP contribution in [0.2, 0.25) is 0 Å². The molecule has 0 aliphatic heterocycles. The molecule has 1 aromatic carbocycles. The van der Waals surface area contributed by atoms with Crippen LogP contribution in [0.3, 0.4) is 0 Å². The lowest BCUT2D eigenvalue weighted by Crippen LogP contribution is -1.97. The topological polar surface area (TPSA) is 50.2 Å². The first kappa shape index (κ1) is 16.5. The van der Waals surface area contributed by atoms with Gasteiger partial charge in [0.15, 0.2) is 5.78 Å². The van der Waals surface area contributed by atoms with Gasteiger partial charge in [0.05, 0.1) is 4.88 Å². The second-order valence-corrected chi connectivity index (χ2v) is 6.40. The highest BCUT2D eigenvalue weighted by atomic mass is 32.1. The summed E-state index contributed by atoms with van der Waals surface area (Å²) in [6.45, 7) is -0.000847. The number of benzene rings is 1. The lowest BCUT2D eigenvalue weighted by Gasteiger charge is -2.04. The Bertz CT molecular complexity index is 828. The maximum atomic E-state index is 13.2. The number of rotatable bonds is 6. The molecule has 0 amide bonds. The number of ketones is 1. The number of hydrogen-bond donors (Lipinski definition) is 1. The predicted molar refractivity (Wildman–Crippen MR) is 93.6 cm³/mol. The van der Waals surface area contributed by atoms with E-state index in [-0.39, 0.29) is 18.2 Å². The van der Waals surface area contributed by atoms with Gasteiger partial charge >= 0.3 is 0 Å². The van der Waals surface area contributed by atoms with Gasteiger partial charge in [0.25, 0.3) is 0 Å². The number of nitrogens with zero attached hydrogens (tertiary/aromatic N) is 1. The molecule has 3 aromatic rings. The molecule has 1 N–H and O–H groups in total. The van der Waals surface area contributed by atoms with E-state index in [1.54, 1.807) is 24.5 Å². The highest BCUT2D eigenvalue weighted by Gasteiger charge is 2.17. The summed E-state index contributed by atoms with van der Waals surface area (Å²) in [5.41, 5.74) is 2.76. The normalized spacial score (nSPS) is 10.8. The number of hydrogen-bond acceptors (Lipinski definition) is 4. The van der Waals surface area contributed by atoms with Crippen LogP contribution >= 0.6 is 11.3 Å². The van der Waals surface area contributed by atoms with Crippen LogP contribution in [-0.2, 0) is 0 Å². The summed E-state index contributed by atoms with van der Waals surface area (Å²) in [7, 11) is 0. The van der Waals surface area contributed by atoms with Crippen LogP contribution in [0.25, 0.3) is 21.6 Å². The Balaban J connectivity index is 2.06. The first-order valence-corrected chi connectivity index (χ1v) is 8.45. The third-order valence-electron chi connectivity index (χ3n) is 3.67. The third kappa shape index (κ3) is 3.58. The van der Waals surface area contributed by atoms with Crippen LogP contribution in [-0.4, -0.2) is 22.5 Å². The van der Waals surface area contributed by atoms with Crippen LogP contribution in [0, 0.1) is 5.82 Å². The van der Waals surface area contributed by atoms with Crippen LogP contribution in [0.4, 0.5) is 4.39 Å². The van der Waals surface area contributed by atoms with E-state index in [0.29, 0.717) is 17.7 Å². The molecule has 0 aliphatic carbocycles. The average molecular weight is 341 g/mol. The molecule has 2 aromatic heterocycles. The van der Waals surface area contributed by atoms with Crippen molar-refractivity contribution in [1.29, 1.82) is 0 Å². The molecule has 24 heavy (non-hydrogen) atoms. The number of carbonyl (C=O) groups excluding carboxylic acids is 1. The van der Waals surface area contributed by atoms with E-state index in [9.17, 15) is 9.18 Å². The Morgan fingerprint density at radius 1 is 1.08 bits per heavy atom. The zero-order chi connectivity index (χ0) is 16.9. The van der Waals surface area contributed by atoms with Crippen LogP contribution in [0.1, 0.15) is 22.5 Å². The standard InChI is InChI=1S/C19H16FNO2S/c20-15-5-3-14(4-6-15)19-16(13-7-9-21-10-8-13)12-18(24-19)17(23)2-1-11-22/h3-10,12,22H,1-2,11H2. The Hall–Kier alpha value is -2.37. The third-order valence-corrected chi connectivity index (χ3v) is 4.89.